The quantitative estimate of drug-likeness (QED) is 0.353. The van der Waals surface area contributed by atoms with Crippen LogP contribution >= 0.6 is 35.3 Å². The topological polar surface area (TPSA) is 39.7 Å². The summed E-state index contributed by atoms with van der Waals surface area (Å²) in [6, 6.07) is 2.15. The molecule has 0 unspecified atom stereocenters. The molecule has 0 aliphatic carbocycles. The highest BCUT2D eigenvalue weighted by Gasteiger charge is 2.02. The lowest BCUT2D eigenvalue weighted by molar-refractivity contribution is 0.332. The second-order valence-corrected chi connectivity index (χ2v) is 6.31. The van der Waals surface area contributed by atoms with Crippen molar-refractivity contribution < 1.29 is 0 Å². The van der Waals surface area contributed by atoms with E-state index in [0.717, 1.165) is 32.1 Å². The molecule has 0 aliphatic rings. The van der Waals surface area contributed by atoms with Gasteiger partial charge in [0.25, 0.3) is 0 Å². The molecule has 2 N–H and O–H groups in total. The van der Waals surface area contributed by atoms with Gasteiger partial charge in [-0.3, -0.25) is 0 Å². The molecule has 0 saturated heterocycles. The Morgan fingerprint density at radius 2 is 2.05 bits per heavy atom. The van der Waals surface area contributed by atoms with Crippen LogP contribution in [0.4, 0.5) is 0 Å². The number of likely N-dealkylation sites (N-methyl/N-ethyl adjacent to an activating group) is 1. The van der Waals surface area contributed by atoms with Crippen LogP contribution in [0.1, 0.15) is 37.1 Å². The Morgan fingerprint density at radius 3 is 2.64 bits per heavy atom. The number of rotatable bonds is 9. The summed E-state index contributed by atoms with van der Waals surface area (Å²) in [6.07, 6.45) is 2.52. The molecule has 4 nitrogen and oxygen atoms in total. The number of nitrogens with one attached hydrogen (secondary N) is 2. The van der Waals surface area contributed by atoms with Crippen molar-refractivity contribution >= 4 is 41.3 Å². The summed E-state index contributed by atoms with van der Waals surface area (Å²) in [4.78, 5) is 8.37. The van der Waals surface area contributed by atoms with E-state index in [1.54, 1.807) is 11.3 Å². The van der Waals surface area contributed by atoms with Crippen LogP contribution < -0.4 is 10.6 Å². The van der Waals surface area contributed by atoms with Gasteiger partial charge >= 0.3 is 0 Å². The summed E-state index contributed by atoms with van der Waals surface area (Å²) >= 11 is 1.78. The Kier molecular flexibility index (Phi) is 12.9. The third kappa shape index (κ3) is 8.95. The minimum atomic E-state index is 0. The lowest BCUT2D eigenvalue weighted by Crippen LogP contribution is -2.41. The average Bonchev–Trinajstić information content (AvgIpc) is 2.88. The van der Waals surface area contributed by atoms with E-state index in [9.17, 15) is 0 Å². The van der Waals surface area contributed by atoms with Crippen LogP contribution in [0.3, 0.4) is 0 Å². The first-order valence-electron chi connectivity index (χ1n) is 7.91. The summed E-state index contributed by atoms with van der Waals surface area (Å²) in [5, 5.41) is 8.85. The van der Waals surface area contributed by atoms with E-state index >= 15 is 0 Å². The first-order chi connectivity index (χ1) is 10.2. The monoisotopic (exact) mass is 438 g/mol. The fourth-order valence-corrected chi connectivity index (χ4v) is 2.79. The molecule has 0 aromatic carbocycles. The molecule has 0 fully saturated rings. The van der Waals surface area contributed by atoms with E-state index < -0.39 is 0 Å². The third-order valence-electron chi connectivity index (χ3n) is 3.37. The second-order valence-electron chi connectivity index (χ2n) is 5.31. The van der Waals surface area contributed by atoms with Gasteiger partial charge in [0.15, 0.2) is 5.96 Å². The smallest absolute Gasteiger partial charge is 0.191 e. The molecule has 0 saturated carbocycles. The van der Waals surface area contributed by atoms with Gasteiger partial charge in [-0.15, -0.1) is 35.3 Å². The van der Waals surface area contributed by atoms with E-state index in [4.69, 9.17) is 0 Å². The molecule has 1 rings (SSSR count). The number of aliphatic imine (C=N–C) groups is 1. The van der Waals surface area contributed by atoms with E-state index in [2.05, 4.69) is 59.8 Å². The van der Waals surface area contributed by atoms with Crippen LogP contribution in [0.5, 0.6) is 0 Å². The van der Waals surface area contributed by atoms with E-state index in [-0.39, 0.29) is 24.0 Å². The maximum Gasteiger partial charge on any atom is 0.191 e. The number of unbranched alkanes of at least 4 members (excludes halogenated alkanes) is 1. The Labute approximate surface area is 156 Å². The predicted molar refractivity (Wildman–Crippen MR) is 110 cm³/mol. The fourth-order valence-electron chi connectivity index (χ4n) is 1.96. The van der Waals surface area contributed by atoms with Gasteiger partial charge < -0.3 is 15.5 Å². The van der Waals surface area contributed by atoms with Gasteiger partial charge in [0.2, 0.25) is 0 Å². The van der Waals surface area contributed by atoms with Gasteiger partial charge in [-0.25, -0.2) is 4.99 Å². The average molecular weight is 438 g/mol. The van der Waals surface area contributed by atoms with Crippen molar-refractivity contribution in [1.82, 2.24) is 15.5 Å². The zero-order valence-electron chi connectivity index (χ0n) is 14.3. The number of thiophene rings is 1. The second kappa shape index (κ2) is 13.1. The van der Waals surface area contributed by atoms with Crippen LogP contribution in [-0.2, 0) is 6.54 Å². The number of aryl methyl sites for hydroxylation is 1. The van der Waals surface area contributed by atoms with E-state index in [0.29, 0.717) is 0 Å². The van der Waals surface area contributed by atoms with Crippen molar-refractivity contribution in [3.8, 4) is 0 Å². The van der Waals surface area contributed by atoms with Crippen LogP contribution in [0.15, 0.2) is 16.4 Å². The van der Waals surface area contributed by atoms with Gasteiger partial charge in [-0.1, -0.05) is 13.3 Å². The largest absolute Gasteiger partial charge is 0.357 e. The molecule has 1 aromatic rings. The van der Waals surface area contributed by atoms with Crippen LogP contribution in [-0.4, -0.2) is 44.1 Å². The number of guanidine groups is 1. The van der Waals surface area contributed by atoms with Gasteiger partial charge in [0, 0.05) is 24.5 Å². The van der Waals surface area contributed by atoms with E-state index in [1.807, 2.05) is 0 Å². The molecule has 6 heteroatoms. The number of nitrogens with zero attached hydrogens (tertiary/aromatic N) is 2. The highest BCUT2D eigenvalue weighted by molar-refractivity contribution is 14.0. The maximum absolute atomic E-state index is 4.66. The van der Waals surface area contributed by atoms with Crippen molar-refractivity contribution in [2.75, 3.05) is 33.2 Å². The van der Waals surface area contributed by atoms with Gasteiger partial charge in [-0.2, -0.15) is 0 Å². The minimum absolute atomic E-state index is 0. The number of hydrogen-bond donors (Lipinski definition) is 2. The molecule has 0 atom stereocenters. The van der Waals surface area contributed by atoms with Gasteiger partial charge in [0.1, 0.15) is 0 Å². The Bertz CT molecular complexity index is 420. The van der Waals surface area contributed by atoms with E-state index in [1.165, 1.54) is 29.8 Å². The van der Waals surface area contributed by atoms with Gasteiger partial charge in [-0.05, 0) is 50.9 Å². The normalized spacial score (nSPS) is 11.4. The highest BCUT2D eigenvalue weighted by atomic mass is 127. The van der Waals surface area contributed by atoms with Crippen LogP contribution in [0.2, 0.25) is 0 Å². The summed E-state index contributed by atoms with van der Waals surface area (Å²) in [7, 11) is 2.18. The lowest BCUT2D eigenvalue weighted by Gasteiger charge is -2.17. The molecular formula is C16H31IN4S. The molecule has 0 amide bonds. The molecule has 0 aliphatic heterocycles. The first kappa shape index (κ1) is 21.7. The summed E-state index contributed by atoms with van der Waals surface area (Å²) in [5.41, 5.74) is 1.33. The molecule has 1 aromatic heterocycles. The van der Waals surface area contributed by atoms with Crippen molar-refractivity contribution in [1.29, 1.82) is 0 Å². The highest BCUT2D eigenvalue weighted by Crippen LogP contribution is 2.16. The lowest BCUT2D eigenvalue weighted by atomic mass is 10.3. The molecule has 0 radical (unpaired) electrons. The fraction of sp³-hybridized carbons (Fsp3) is 0.688. The summed E-state index contributed by atoms with van der Waals surface area (Å²) in [5.74, 6) is 0.911. The van der Waals surface area contributed by atoms with Crippen LogP contribution in [0, 0.1) is 6.92 Å². The number of halogens is 1. The predicted octanol–water partition coefficient (Wildman–Crippen LogP) is 3.46. The summed E-state index contributed by atoms with van der Waals surface area (Å²) in [6.45, 7) is 11.3. The SMILES string of the molecule is CCCCN(C)CCNC(=NCc1sccc1C)NCC.I. The van der Waals surface area contributed by atoms with Crippen molar-refractivity contribution in [3.63, 3.8) is 0 Å². The van der Waals surface area contributed by atoms with Crippen molar-refractivity contribution in [2.24, 2.45) is 4.99 Å². The number of hydrogen-bond acceptors (Lipinski definition) is 3. The zero-order chi connectivity index (χ0) is 15.5. The van der Waals surface area contributed by atoms with Crippen molar-refractivity contribution in [2.45, 2.75) is 40.2 Å². The molecule has 0 spiro atoms. The van der Waals surface area contributed by atoms with Gasteiger partial charge in [0.05, 0.1) is 6.54 Å². The molecule has 0 bridgehead atoms. The molecule has 128 valence electrons. The Balaban J connectivity index is 0.00000441. The van der Waals surface area contributed by atoms with Crippen LogP contribution in [0.25, 0.3) is 0 Å². The molecular weight excluding hydrogens is 407 g/mol. The Morgan fingerprint density at radius 1 is 1.27 bits per heavy atom. The Hall–Kier alpha value is -0.340. The minimum Gasteiger partial charge on any atom is -0.357 e. The first-order valence-corrected chi connectivity index (χ1v) is 8.79. The molecule has 1 heterocycles. The third-order valence-corrected chi connectivity index (χ3v) is 4.38. The van der Waals surface area contributed by atoms with Crippen molar-refractivity contribution in [3.05, 3.63) is 21.9 Å². The molecule has 22 heavy (non-hydrogen) atoms. The summed E-state index contributed by atoms with van der Waals surface area (Å²) < 4.78 is 0. The standard InChI is InChI=1S/C16H30N4S.HI/c1-5-7-10-20(4)11-9-18-16(17-6-2)19-13-15-14(3)8-12-21-15;/h8,12H,5-7,9-11,13H2,1-4H3,(H2,17,18,19);1H. The zero-order valence-corrected chi connectivity index (χ0v) is 17.5. The maximum atomic E-state index is 4.66.